The molecule has 0 aromatic heterocycles. The zero-order valence-electron chi connectivity index (χ0n) is 11.1. The molecular formula is C13H15N3O3. The molecule has 0 spiro atoms. The largest absolute Gasteiger partial charge is 0.495 e. The number of hydrogen-bond acceptors (Lipinski definition) is 6. The fourth-order valence-corrected chi connectivity index (χ4v) is 1.34. The van der Waals surface area contributed by atoms with Crippen LogP contribution in [0.15, 0.2) is 23.3 Å². The quantitative estimate of drug-likeness (QED) is 0.497. The summed E-state index contributed by atoms with van der Waals surface area (Å²) in [7, 11) is 1.52. The molecule has 1 N–H and O–H groups in total. The first-order valence-electron chi connectivity index (χ1n) is 5.68. The van der Waals surface area contributed by atoms with E-state index in [1.807, 2.05) is 13.0 Å². The number of carbonyl (C=O) groups is 1. The molecule has 0 heterocycles. The van der Waals surface area contributed by atoms with E-state index in [1.165, 1.54) is 7.11 Å². The summed E-state index contributed by atoms with van der Waals surface area (Å²) < 4.78 is 9.84. The number of esters is 1. The average Bonchev–Trinajstić information content (AvgIpc) is 2.40. The molecule has 0 aliphatic heterocycles. The molecule has 0 aliphatic rings. The Hall–Kier alpha value is -2.55. The number of nitrogens with zero attached hydrogens (tertiary/aromatic N) is 2. The number of ether oxygens (including phenoxy) is 2. The number of aryl methyl sites for hydroxylation is 1. The third-order valence-corrected chi connectivity index (χ3v) is 2.22. The summed E-state index contributed by atoms with van der Waals surface area (Å²) in [4.78, 5) is 11.4. The smallest absolute Gasteiger partial charge is 0.369 e. The molecule has 0 bridgehead atoms. The Bertz CT molecular complexity index is 532. The van der Waals surface area contributed by atoms with E-state index in [-0.39, 0.29) is 12.3 Å². The molecular weight excluding hydrogens is 246 g/mol. The Balaban J connectivity index is 2.93. The van der Waals surface area contributed by atoms with Crippen molar-refractivity contribution in [2.75, 3.05) is 19.1 Å². The van der Waals surface area contributed by atoms with Crippen LogP contribution < -0.4 is 10.2 Å². The van der Waals surface area contributed by atoms with Crippen molar-refractivity contribution in [1.29, 1.82) is 5.26 Å². The maximum absolute atomic E-state index is 11.4. The van der Waals surface area contributed by atoms with E-state index in [2.05, 4.69) is 10.5 Å². The van der Waals surface area contributed by atoms with E-state index < -0.39 is 5.97 Å². The average molecular weight is 261 g/mol. The number of benzene rings is 1. The maximum atomic E-state index is 11.4. The first-order valence-corrected chi connectivity index (χ1v) is 5.68. The minimum absolute atomic E-state index is 0.188. The van der Waals surface area contributed by atoms with Crippen molar-refractivity contribution >= 4 is 17.4 Å². The highest BCUT2D eigenvalue weighted by molar-refractivity contribution is 6.43. The van der Waals surface area contributed by atoms with Gasteiger partial charge in [-0.2, -0.15) is 10.4 Å². The second-order valence-electron chi connectivity index (χ2n) is 3.61. The lowest BCUT2D eigenvalue weighted by atomic mass is 10.2. The maximum Gasteiger partial charge on any atom is 0.369 e. The minimum atomic E-state index is -0.760. The molecule has 0 radical (unpaired) electrons. The topological polar surface area (TPSA) is 83.7 Å². The number of hydrogen-bond donors (Lipinski definition) is 1. The van der Waals surface area contributed by atoms with Gasteiger partial charge in [-0.25, -0.2) is 4.79 Å². The molecule has 0 fully saturated rings. The van der Waals surface area contributed by atoms with Gasteiger partial charge in [-0.1, -0.05) is 6.07 Å². The van der Waals surface area contributed by atoms with Gasteiger partial charge in [0.25, 0.3) is 0 Å². The molecule has 1 aromatic carbocycles. The van der Waals surface area contributed by atoms with Crippen LogP contribution in [0.1, 0.15) is 12.5 Å². The van der Waals surface area contributed by atoms with Gasteiger partial charge in [-0.15, -0.1) is 0 Å². The van der Waals surface area contributed by atoms with Gasteiger partial charge >= 0.3 is 5.97 Å². The van der Waals surface area contributed by atoms with E-state index in [0.29, 0.717) is 11.4 Å². The fourth-order valence-electron chi connectivity index (χ4n) is 1.34. The van der Waals surface area contributed by atoms with Crippen LogP contribution in [0.2, 0.25) is 0 Å². The van der Waals surface area contributed by atoms with Gasteiger partial charge in [-0.3, -0.25) is 5.43 Å². The highest BCUT2D eigenvalue weighted by Gasteiger charge is 2.12. The number of carbonyl (C=O) groups excluding carboxylic acids is 1. The van der Waals surface area contributed by atoms with Crippen molar-refractivity contribution in [3.05, 3.63) is 23.8 Å². The zero-order chi connectivity index (χ0) is 14.3. The highest BCUT2D eigenvalue weighted by Crippen LogP contribution is 2.25. The summed E-state index contributed by atoms with van der Waals surface area (Å²) in [6, 6.07) is 7.12. The van der Waals surface area contributed by atoms with Gasteiger partial charge in [0.2, 0.25) is 5.71 Å². The number of rotatable bonds is 5. The molecule has 0 saturated heterocycles. The Labute approximate surface area is 111 Å². The van der Waals surface area contributed by atoms with Crippen LogP contribution in [0.3, 0.4) is 0 Å². The normalized spacial score (nSPS) is 10.5. The monoisotopic (exact) mass is 261 g/mol. The molecule has 0 atom stereocenters. The Morgan fingerprint density at radius 1 is 1.53 bits per heavy atom. The Morgan fingerprint density at radius 2 is 2.26 bits per heavy atom. The van der Waals surface area contributed by atoms with E-state index >= 15 is 0 Å². The Morgan fingerprint density at radius 3 is 2.84 bits per heavy atom. The van der Waals surface area contributed by atoms with Gasteiger partial charge in [-0.05, 0) is 31.5 Å². The SMILES string of the molecule is CCOC(=O)C(C#N)=NNc1cc(C)ccc1OC. The minimum Gasteiger partial charge on any atom is -0.495 e. The first-order chi connectivity index (χ1) is 9.12. The number of hydrazone groups is 1. The van der Waals surface area contributed by atoms with Crippen molar-refractivity contribution in [2.45, 2.75) is 13.8 Å². The number of methoxy groups -OCH3 is 1. The fraction of sp³-hybridized carbons (Fsp3) is 0.308. The van der Waals surface area contributed by atoms with Crippen LogP contribution >= 0.6 is 0 Å². The molecule has 0 unspecified atom stereocenters. The second kappa shape index (κ2) is 7.01. The standard InChI is InChI=1S/C13H15N3O3/c1-4-19-13(17)11(8-14)16-15-10-7-9(2)5-6-12(10)18-3/h5-7,15H,4H2,1-3H3. The van der Waals surface area contributed by atoms with Crippen molar-refractivity contribution in [1.82, 2.24) is 0 Å². The van der Waals surface area contributed by atoms with Gasteiger partial charge < -0.3 is 9.47 Å². The summed E-state index contributed by atoms with van der Waals surface area (Å²) in [5.74, 6) is -0.195. The predicted octanol–water partition coefficient (Wildman–Crippen LogP) is 1.86. The van der Waals surface area contributed by atoms with Crippen LogP contribution in [-0.2, 0) is 9.53 Å². The molecule has 1 rings (SSSR count). The van der Waals surface area contributed by atoms with Gasteiger partial charge in [0.1, 0.15) is 11.8 Å². The molecule has 6 nitrogen and oxygen atoms in total. The van der Waals surface area contributed by atoms with E-state index in [9.17, 15) is 4.79 Å². The number of nitrogens with one attached hydrogen (secondary N) is 1. The lowest BCUT2D eigenvalue weighted by Gasteiger charge is -2.08. The van der Waals surface area contributed by atoms with Crippen LogP contribution in [0.5, 0.6) is 5.75 Å². The summed E-state index contributed by atoms with van der Waals surface area (Å²) in [5.41, 5.74) is 3.86. The highest BCUT2D eigenvalue weighted by atomic mass is 16.5. The van der Waals surface area contributed by atoms with Crippen molar-refractivity contribution < 1.29 is 14.3 Å². The third kappa shape index (κ3) is 4.00. The Kier molecular flexibility index (Phi) is 5.35. The summed E-state index contributed by atoms with van der Waals surface area (Å²) in [6.07, 6.45) is 0. The summed E-state index contributed by atoms with van der Waals surface area (Å²) in [5, 5.41) is 12.6. The number of anilines is 1. The molecule has 0 saturated carbocycles. The summed E-state index contributed by atoms with van der Waals surface area (Å²) in [6.45, 7) is 3.75. The molecule has 100 valence electrons. The molecule has 19 heavy (non-hydrogen) atoms. The summed E-state index contributed by atoms with van der Waals surface area (Å²) >= 11 is 0. The molecule has 6 heteroatoms. The first kappa shape index (κ1) is 14.5. The van der Waals surface area contributed by atoms with Gasteiger partial charge in [0.05, 0.1) is 19.4 Å². The number of nitriles is 1. The molecule has 0 aliphatic carbocycles. The van der Waals surface area contributed by atoms with Crippen molar-refractivity contribution in [3.63, 3.8) is 0 Å². The van der Waals surface area contributed by atoms with Crippen LogP contribution in [0.4, 0.5) is 5.69 Å². The van der Waals surface area contributed by atoms with E-state index in [4.69, 9.17) is 14.7 Å². The lowest BCUT2D eigenvalue weighted by molar-refractivity contribution is -0.134. The third-order valence-electron chi connectivity index (χ3n) is 2.22. The lowest BCUT2D eigenvalue weighted by Crippen LogP contribution is -2.17. The van der Waals surface area contributed by atoms with Gasteiger partial charge in [0.15, 0.2) is 0 Å². The van der Waals surface area contributed by atoms with Crippen molar-refractivity contribution in [3.8, 4) is 11.8 Å². The van der Waals surface area contributed by atoms with Crippen LogP contribution in [0.25, 0.3) is 0 Å². The molecule has 0 amide bonds. The second-order valence-corrected chi connectivity index (χ2v) is 3.61. The van der Waals surface area contributed by atoms with E-state index in [0.717, 1.165) is 5.56 Å². The molecule has 1 aromatic rings. The van der Waals surface area contributed by atoms with Crippen LogP contribution in [0, 0.1) is 18.3 Å². The predicted molar refractivity (Wildman–Crippen MR) is 71.0 cm³/mol. The van der Waals surface area contributed by atoms with Crippen molar-refractivity contribution in [2.24, 2.45) is 5.10 Å². The van der Waals surface area contributed by atoms with E-state index in [1.54, 1.807) is 25.1 Å². The zero-order valence-corrected chi connectivity index (χ0v) is 11.1. The van der Waals surface area contributed by atoms with Gasteiger partial charge in [0, 0.05) is 0 Å². The van der Waals surface area contributed by atoms with Crippen LogP contribution in [-0.4, -0.2) is 25.4 Å².